The van der Waals surface area contributed by atoms with Gasteiger partial charge in [0.15, 0.2) is 6.29 Å². The summed E-state index contributed by atoms with van der Waals surface area (Å²) in [7, 11) is 0. The van der Waals surface area contributed by atoms with E-state index >= 15 is 0 Å². The van der Waals surface area contributed by atoms with Gasteiger partial charge in [-0.3, -0.25) is 4.79 Å². The van der Waals surface area contributed by atoms with Gasteiger partial charge in [-0.2, -0.15) is 0 Å². The predicted molar refractivity (Wildman–Crippen MR) is 76.4 cm³/mol. The first-order valence-electron chi connectivity index (χ1n) is 6.06. The molecule has 0 atom stereocenters. The molecule has 0 bridgehead atoms. The van der Waals surface area contributed by atoms with Gasteiger partial charge in [0.1, 0.15) is 5.75 Å². The van der Waals surface area contributed by atoms with Crippen LogP contribution in [0.4, 0.5) is 0 Å². The number of benzene rings is 3. The summed E-state index contributed by atoms with van der Waals surface area (Å²) in [6.07, 6.45) is 0.828. The van der Waals surface area contributed by atoms with E-state index in [1.54, 1.807) is 6.07 Å². The van der Waals surface area contributed by atoms with Crippen molar-refractivity contribution in [2.45, 2.75) is 0 Å². The second kappa shape index (κ2) is 4.58. The van der Waals surface area contributed by atoms with Crippen LogP contribution in [0.2, 0.25) is 0 Å². The number of rotatable bonds is 2. The number of hydrogen-bond acceptors (Lipinski definition) is 2. The third-order valence-electron chi connectivity index (χ3n) is 3.26. The highest BCUT2D eigenvalue weighted by molar-refractivity contribution is 6.04. The molecule has 3 aromatic carbocycles. The van der Waals surface area contributed by atoms with E-state index in [4.69, 9.17) is 0 Å². The molecule has 19 heavy (non-hydrogen) atoms. The minimum Gasteiger partial charge on any atom is -0.507 e. The van der Waals surface area contributed by atoms with Crippen molar-refractivity contribution in [1.29, 1.82) is 0 Å². The lowest BCUT2D eigenvalue weighted by Crippen LogP contribution is -1.88. The summed E-state index contributed by atoms with van der Waals surface area (Å²) >= 11 is 0. The van der Waals surface area contributed by atoms with E-state index in [1.807, 2.05) is 54.6 Å². The lowest BCUT2D eigenvalue weighted by Gasteiger charge is -2.10. The number of hydrogen-bond donors (Lipinski definition) is 1. The van der Waals surface area contributed by atoms with Crippen LogP contribution in [0, 0.1) is 0 Å². The maximum atomic E-state index is 11.2. The van der Waals surface area contributed by atoms with Crippen LogP contribution in [0.5, 0.6) is 5.75 Å². The normalized spacial score (nSPS) is 10.5. The molecule has 0 radical (unpaired) electrons. The first-order valence-corrected chi connectivity index (χ1v) is 6.06. The van der Waals surface area contributed by atoms with E-state index in [9.17, 15) is 9.90 Å². The topological polar surface area (TPSA) is 37.3 Å². The Labute approximate surface area is 110 Å². The van der Waals surface area contributed by atoms with Gasteiger partial charge in [-0.25, -0.2) is 0 Å². The summed E-state index contributed by atoms with van der Waals surface area (Å²) in [5, 5.41) is 11.9. The first-order chi connectivity index (χ1) is 9.31. The van der Waals surface area contributed by atoms with E-state index in [-0.39, 0.29) is 5.75 Å². The minimum atomic E-state index is 0.215. The molecule has 0 spiro atoms. The van der Waals surface area contributed by atoms with Crippen LogP contribution in [-0.2, 0) is 0 Å². The second-order valence-corrected chi connectivity index (χ2v) is 4.39. The highest BCUT2D eigenvalue weighted by Gasteiger charge is 2.11. The highest BCUT2D eigenvalue weighted by Crippen LogP contribution is 2.37. The molecule has 0 saturated heterocycles. The number of fused-ring (bicyclic) bond motifs is 1. The summed E-state index contributed by atoms with van der Waals surface area (Å²) in [6.45, 7) is 0. The zero-order valence-corrected chi connectivity index (χ0v) is 10.2. The Balaban J connectivity index is 2.38. The molecule has 2 nitrogen and oxygen atoms in total. The van der Waals surface area contributed by atoms with Crippen molar-refractivity contribution in [3.8, 4) is 16.9 Å². The molecule has 2 heteroatoms. The van der Waals surface area contributed by atoms with Crippen LogP contribution in [0.3, 0.4) is 0 Å². The van der Waals surface area contributed by atoms with Crippen LogP contribution in [-0.4, -0.2) is 11.4 Å². The average Bonchev–Trinajstić information content (AvgIpc) is 2.49. The van der Waals surface area contributed by atoms with Gasteiger partial charge in [0.2, 0.25) is 0 Å². The van der Waals surface area contributed by atoms with Crippen molar-refractivity contribution in [3.63, 3.8) is 0 Å². The van der Waals surface area contributed by atoms with E-state index < -0.39 is 0 Å². The van der Waals surface area contributed by atoms with Crippen LogP contribution < -0.4 is 0 Å². The fourth-order valence-corrected chi connectivity index (χ4v) is 2.32. The zero-order chi connectivity index (χ0) is 13.2. The van der Waals surface area contributed by atoms with Crippen molar-refractivity contribution in [2.75, 3.05) is 0 Å². The molecule has 0 amide bonds. The molecule has 1 N–H and O–H groups in total. The summed E-state index contributed by atoms with van der Waals surface area (Å²) in [5.74, 6) is 0.215. The van der Waals surface area contributed by atoms with E-state index in [0.29, 0.717) is 16.5 Å². The molecule has 0 aliphatic rings. The largest absolute Gasteiger partial charge is 0.507 e. The van der Waals surface area contributed by atoms with Crippen molar-refractivity contribution < 1.29 is 9.90 Å². The number of carbonyl (C=O) groups excluding carboxylic acids is 1. The first kappa shape index (κ1) is 11.5. The van der Waals surface area contributed by atoms with Crippen LogP contribution in [0.15, 0.2) is 60.7 Å². The van der Waals surface area contributed by atoms with Gasteiger partial charge in [-0.15, -0.1) is 0 Å². The van der Waals surface area contributed by atoms with Crippen molar-refractivity contribution >= 4 is 17.1 Å². The van der Waals surface area contributed by atoms with Crippen LogP contribution in [0.25, 0.3) is 21.9 Å². The molecule has 0 fully saturated rings. The second-order valence-electron chi connectivity index (χ2n) is 4.39. The molecular formula is C17H12O2. The van der Waals surface area contributed by atoms with Crippen molar-refractivity contribution in [2.24, 2.45) is 0 Å². The fourth-order valence-electron chi connectivity index (χ4n) is 2.32. The molecule has 0 unspecified atom stereocenters. The van der Waals surface area contributed by atoms with Gasteiger partial charge in [0.05, 0.1) is 0 Å². The summed E-state index contributed by atoms with van der Waals surface area (Å²) in [5.41, 5.74) is 2.17. The van der Waals surface area contributed by atoms with Gasteiger partial charge >= 0.3 is 0 Å². The standard InChI is InChI=1S/C17H12O2/c18-11-13-10-16(12-6-2-1-3-7-12)17(19)15-9-5-4-8-14(13)15/h1-11,19H. The van der Waals surface area contributed by atoms with E-state index in [1.165, 1.54) is 0 Å². The Hall–Kier alpha value is -2.61. The Morgan fingerprint density at radius 3 is 2.16 bits per heavy atom. The molecule has 3 rings (SSSR count). The minimum absolute atomic E-state index is 0.215. The van der Waals surface area contributed by atoms with E-state index in [0.717, 1.165) is 17.2 Å². The smallest absolute Gasteiger partial charge is 0.150 e. The Morgan fingerprint density at radius 1 is 0.842 bits per heavy atom. The summed E-state index contributed by atoms with van der Waals surface area (Å²) in [6, 6.07) is 18.7. The molecular weight excluding hydrogens is 236 g/mol. The predicted octanol–water partition coefficient (Wildman–Crippen LogP) is 4.02. The quantitative estimate of drug-likeness (QED) is 0.695. The van der Waals surface area contributed by atoms with Crippen molar-refractivity contribution in [3.05, 3.63) is 66.2 Å². The SMILES string of the molecule is O=Cc1cc(-c2ccccc2)c(O)c2ccccc12. The zero-order valence-electron chi connectivity index (χ0n) is 10.2. The number of phenolic OH excluding ortho intramolecular Hbond substituents is 1. The van der Waals surface area contributed by atoms with Gasteiger partial charge in [-0.1, -0.05) is 54.6 Å². The monoisotopic (exact) mass is 248 g/mol. The number of aromatic hydroxyl groups is 1. The number of aldehydes is 1. The van der Waals surface area contributed by atoms with Crippen LogP contribution >= 0.6 is 0 Å². The average molecular weight is 248 g/mol. The molecule has 92 valence electrons. The van der Waals surface area contributed by atoms with E-state index in [2.05, 4.69) is 0 Å². The third kappa shape index (κ3) is 1.87. The summed E-state index contributed by atoms with van der Waals surface area (Å²) < 4.78 is 0. The lowest BCUT2D eigenvalue weighted by atomic mass is 9.96. The molecule has 0 aromatic heterocycles. The maximum absolute atomic E-state index is 11.2. The molecule has 0 saturated carbocycles. The van der Waals surface area contributed by atoms with Crippen molar-refractivity contribution in [1.82, 2.24) is 0 Å². The number of carbonyl (C=O) groups is 1. The fraction of sp³-hybridized carbons (Fsp3) is 0. The maximum Gasteiger partial charge on any atom is 0.150 e. The lowest BCUT2D eigenvalue weighted by molar-refractivity contribution is 0.112. The molecule has 0 aliphatic carbocycles. The third-order valence-corrected chi connectivity index (χ3v) is 3.26. The highest BCUT2D eigenvalue weighted by atomic mass is 16.3. The Kier molecular flexibility index (Phi) is 2.76. The van der Waals surface area contributed by atoms with Gasteiger partial charge < -0.3 is 5.11 Å². The Morgan fingerprint density at radius 2 is 1.47 bits per heavy atom. The summed E-state index contributed by atoms with van der Waals surface area (Å²) in [4.78, 5) is 11.2. The van der Waals surface area contributed by atoms with Gasteiger partial charge in [-0.05, 0) is 17.0 Å². The van der Waals surface area contributed by atoms with Gasteiger partial charge in [0, 0.05) is 16.5 Å². The van der Waals surface area contributed by atoms with Gasteiger partial charge in [0.25, 0.3) is 0 Å². The molecule has 3 aromatic rings. The Bertz CT molecular complexity index is 746. The number of phenols is 1. The van der Waals surface area contributed by atoms with Crippen LogP contribution in [0.1, 0.15) is 10.4 Å². The molecule has 0 heterocycles. The molecule has 0 aliphatic heterocycles.